The lowest BCUT2D eigenvalue weighted by Crippen LogP contribution is -2.33. The van der Waals surface area contributed by atoms with Crippen molar-refractivity contribution in [3.63, 3.8) is 0 Å². The summed E-state index contributed by atoms with van der Waals surface area (Å²) in [6.45, 7) is 5.39. The van der Waals surface area contributed by atoms with Gasteiger partial charge in [0.05, 0.1) is 23.3 Å². The molecule has 1 aliphatic rings. The Kier molecular flexibility index (Phi) is 4.20. The number of hydrogen-bond donors (Lipinski definition) is 0. The van der Waals surface area contributed by atoms with Crippen LogP contribution < -0.4 is 4.90 Å². The number of benzene rings is 1. The minimum Gasteiger partial charge on any atom is -0.466 e. The third-order valence-corrected chi connectivity index (χ3v) is 3.90. The molecule has 1 fully saturated rings. The predicted octanol–water partition coefficient (Wildman–Crippen LogP) is 2.99. The lowest BCUT2D eigenvalue weighted by atomic mass is 9.90. The van der Waals surface area contributed by atoms with E-state index in [4.69, 9.17) is 16.3 Å². The van der Waals surface area contributed by atoms with E-state index in [2.05, 4.69) is 6.07 Å². The number of esters is 1. The Balaban J connectivity index is 2.22. The second kappa shape index (κ2) is 5.72. The van der Waals surface area contributed by atoms with Gasteiger partial charge in [-0.3, -0.25) is 4.79 Å². The third-order valence-electron chi connectivity index (χ3n) is 3.66. The van der Waals surface area contributed by atoms with Gasteiger partial charge in [0.15, 0.2) is 0 Å². The number of carbonyl (C=O) groups excluding carboxylic acids is 1. The van der Waals surface area contributed by atoms with E-state index in [-0.39, 0.29) is 5.97 Å². The van der Waals surface area contributed by atoms with Gasteiger partial charge in [0, 0.05) is 18.1 Å². The fourth-order valence-corrected chi connectivity index (χ4v) is 2.68. The van der Waals surface area contributed by atoms with E-state index in [1.807, 2.05) is 17.9 Å². The van der Waals surface area contributed by atoms with Crippen molar-refractivity contribution < 1.29 is 9.53 Å². The number of carbonyl (C=O) groups is 1. The standard InChI is InChI=1S/C15H17ClN2O2/c1-3-20-14(19)15(2)6-7-18(10-15)13-5-4-12(16)8-11(13)9-17/h4-5,8H,3,6-7,10H2,1-2H3. The normalized spacial score (nSPS) is 21.6. The maximum absolute atomic E-state index is 12.0. The molecule has 0 aliphatic carbocycles. The number of halogens is 1. The SMILES string of the molecule is CCOC(=O)C1(C)CCN(c2ccc(Cl)cc2C#N)C1. The van der Waals surface area contributed by atoms with Crippen molar-refractivity contribution in [3.05, 3.63) is 28.8 Å². The number of rotatable bonds is 3. The summed E-state index contributed by atoms with van der Waals surface area (Å²) in [7, 11) is 0. The summed E-state index contributed by atoms with van der Waals surface area (Å²) in [5, 5.41) is 9.74. The fraction of sp³-hybridized carbons (Fsp3) is 0.467. The highest BCUT2D eigenvalue weighted by Crippen LogP contribution is 2.36. The van der Waals surface area contributed by atoms with E-state index in [0.717, 1.165) is 18.7 Å². The summed E-state index contributed by atoms with van der Waals surface area (Å²) in [4.78, 5) is 14.1. The van der Waals surface area contributed by atoms with Gasteiger partial charge < -0.3 is 9.64 Å². The van der Waals surface area contributed by atoms with E-state index in [1.54, 1.807) is 19.1 Å². The number of ether oxygens (including phenoxy) is 1. The van der Waals surface area contributed by atoms with Crippen molar-refractivity contribution in [3.8, 4) is 6.07 Å². The van der Waals surface area contributed by atoms with Gasteiger partial charge in [-0.15, -0.1) is 0 Å². The molecule has 0 spiro atoms. The zero-order chi connectivity index (χ0) is 14.8. The molecule has 1 aliphatic heterocycles. The molecular formula is C15H17ClN2O2. The van der Waals surface area contributed by atoms with Crippen molar-refractivity contribution in [1.82, 2.24) is 0 Å². The monoisotopic (exact) mass is 292 g/mol. The van der Waals surface area contributed by atoms with E-state index < -0.39 is 5.41 Å². The predicted molar refractivity (Wildman–Crippen MR) is 77.7 cm³/mol. The molecule has 0 aromatic heterocycles. The van der Waals surface area contributed by atoms with Crippen molar-refractivity contribution in [2.24, 2.45) is 5.41 Å². The highest BCUT2D eigenvalue weighted by atomic mass is 35.5. The van der Waals surface area contributed by atoms with Gasteiger partial charge >= 0.3 is 5.97 Å². The Morgan fingerprint density at radius 2 is 2.35 bits per heavy atom. The molecule has 1 unspecified atom stereocenters. The first-order chi connectivity index (χ1) is 9.50. The summed E-state index contributed by atoms with van der Waals surface area (Å²) >= 11 is 5.91. The van der Waals surface area contributed by atoms with Crippen LogP contribution in [0.5, 0.6) is 0 Å². The van der Waals surface area contributed by atoms with E-state index in [9.17, 15) is 10.1 Å². The molecule has 1 saturated heterocycles. The van der Waals surface area contributed by atoms with Gasteiger partial charge in [0.25, 0.3) is 0 Å². The van der Waals surface area contributed by atoms with Crippen LogP contribution in [0.3, 0.4) is 0 Å². The molecule has 0 radical (unpaired) electrons. The highest BCUT2D eigenvalue weighted by Gasteiger charge is 2.42. The molecule has 20 heavy (non-hydrogen) atoms. The Labute approximate surface area is 123 Å². The van der Waals surface area contributed by atoms with Gasteiger partial charge in [-0.05, 0) is 38.5 Å². The Morgan fingerprint density at radius 3 is 3.00 bits per heavy atom. The molecule has 1 aromatic rings. The third kappa shape index (κ3) is 2.73. The summed E-state index contributed by atoms with van der Waals surface area (Å²) in [5.41, 5.74) is 0.845. The molecule has 0 bridgehead atoms. The topological polar surface area (TPSA) is 53.3 Å². The lowest BCUT2D eigenvalue weighted by molar-refractivity contribution is -0.153. The quantitative estimate of drug-likeness (QED) is 0.804. The average Bonchev–Trinajstić information content (AvgIpc) is 2.82. The number of nitrogens with zero attached hydrogens (tertiary/aromatic N) is 2. The minimum atomic E-state index is -0.512. The minimum absolute atomic E-state index is 0.171. The number of anilines is 1. The maximum atomic E-state index is 12.0. The highest BCUT2D eigenvalue weighted by molar-refractivity contribution is 6.30. The Hall–Kier alpha value is -1.73. The van der Waals surface area contributed by atoms with Crippen LogP contribution in [0.4, 0.5) is 5.69 Å². The molecule has 2 rings (SSSR count). The molecule has 0 N–H and O–H groups in total. The summed E-state index contributed by atoms with van der Waals surface area (Å²) in [5.74, 6) is -0.171. The molecule has 106 valence electrons. The van der Waals surface area contributed by atoms with Crippen LogP contribution in [0, 0.1) is 16.7 Å². The molecule has 0 amide bonds. The summed E-state index contributed by atoms with van der Waals surface area (Å²) < 4.78 is 5.14. The maximum Gasteiger partial charge on any atom is 0.313 e. The van der Waals surface area contributed by atoms with Gasteiger partial charge in [0.2, 0.25) is 0 Å². The Morgan fingerprint density at radius 1 is 1.60 bits per heavy atom. The van der Waals surface area contributed by atoms with Crippen LogP contribution in [0.2, 0.25) is 5.02 Å². The largest absolute Gasteiger partial charge is 0.466 e. The number of hydrogen-bond acceptors (Lipinski definition) is 4. The van der Waals surface area contributed by atoms with Gasteiger partial charge in [-0.25, -0.2) is 0 Å². The molecule has 5 heteroatoms. The molecule has 1 aromatic carbocycles. The average molecular weight is 293 g/mol. The van der Waals surface area contributed by atoms with Crippen molar-refractivity contribution in [2.75, 3.05) is 24.6 Å². The first-order valence-corrected chi connectivity index (χ1v) is 7.00. The van der Waals surface area contributed by atoms with Crippen LogP contribution in [0.1, 0.15) is 25.8 Å². The van der Waals surface area contributed by atoms with E-state index in [1.165, 1.54) is 0 Å². The molecule has 4 nitrogen and oxygen atoms in total. The molecule has 0 saturated carbocycles. The van der Waals surface area contributed by atoms with Crippen molar-refractivity contribution in [1.29, 1.82) is 5.26 Å². The smallest absolute Gasteiger partial charge is 0.313 e. The van der Waals surface area contributed by atoms with E-state index in [0.29, 0.717) is 23.7 Å². The lowest BCUT2D eigenvalue weighted by Gasteiger charge is -2.24. The van der Waals surface area contributed by atoms with Crippen molar-refractivity contribution >= 4 is 23.3 Å². The van der Waals surface area contributed by atoms with Crippen LogP contribution in [0.25, 0.3) is 0 Å². The second-order valence-corrected chi connectivity index (χ2v) is 5.66. The zero-order valence-electron chi connectivity index (χ0n) is 11.6. The number of nitriles is 1. The van der Waals surface area contributed by atoms with Crippen LogP contribution in [-0.2, 0) is 9.53 Å². The summed E-state index contributed by atoms with van der Waals surface area (Å²) in [6, 6.07) is 7.40. The zero-order valence-corrected chi connectivity index (χ0v) is 12.4. The molecular weight excluding hydrogens is 276 g/mol. The van der Waals surface area contributed by atoms with Crippen LogP contribution in [-0.4, -0.2) is 25.7 Å². The van der Waals surface area contributed by atoms with Crippen molar-refractivity contribution in [2.45, 2.75) is 20.3 Å². The van der Waals surface area contributed by atoms with E-state index >= 15 is 0 Å². The Bertz CT molecular complexity index is 567. The van der Waals surface area contributed by atoms with Crippen LogP contribution in [0.15, 0.2) is 18.2 Å². The first-order valence-electron chi connectivity index (χ1n) is 6.62. The fourth-order valence-electron chi connectivity index (χ4n) is 2.51. The van der Waals surface area contributed by atoms with Gasteiger partial charge in [-0.1, -0.05) is 11.6 Å². The van der Waals surface area contributed by atoms with Gasteiger partial charge in [0.1, 0.15) is 6.07 Å². The molecule has 1 heterocycles. The summed E-state index contributed by atoms with van der Waals surface area (Å²) in [6.07, 6.45) is 0.722. The molecule has 1 atom stereocenters. The van der Waals surface area contributed by atoms with Gasteiger partial charge in [-0.2, -0.15) is 5.26 Å². The second-order valence-electron chi connectivity index (χ2n) is 5.23. The van der Waals surface area contributed by atoms with Crippen LogP contribution >= 0.6 is 11.6 Å². The first kappa shape index (κ1) is 14.7.